The fraction of sp³-hybridized carbons (Fsp3) is 0.500. The number of carbonyl (C=O) groups excluding carboxylic acids is 1. The molecular weight excluding hydrogens is 300 g/mol. The van der Waals surface area contributed by atoms with Gasteiger partial charge in [-0.2, -0.15) is 0 Å². The van der Waals surface area contributed by atoms with Gasteiger partial charge in [0.05, 0.1) is 14.2 Å². The van der Waals surface area contributed by atoms with E-state index in [0.29, 0.717) is 29.0 Å². The lowest BCUT2D eigenvalue weighted by Crippen LogP contribution is -2.34. The van der Waals surface area contributed by atoms with Crippen LogP contribution in [0.1, 0.15) is 32.1 Å². The van der Waals surface area contributed by atoms with Crippen LogP contribution in [0, 0.1) is 5.92 Å². The predicted molar refractivity (Wildman–Crippen MR) is 90.5 cm³/mol. The number of hydrogen-bond donors (Lipinski definition) is 2. The van der Waals surface area contributed by atoms with E-state index >= 15 is 0 Å². The Morgan fingerprint density at radius 1 is 1.23 bits per heavy atom. The van der Waals surface area contributed by atoms with E-state index in [0.717, 1.165) is 18.5 Å². The summed E-state index contributed by atoms with van der Waals surface area (Å²) in [5.41, 5.74) is 0.740. The molecule has 120 valence electrons. The lowest BCUT2D eigenvalue weighted by Gasteiger charge is -2.13. The zero-order chi connectivity index (χ0) is 15.9. The average molecular weight is 322 g/mol. The van der Waals surface area contributed by atoms with Gasteiger partial charge in [0.25, 0.3) is 0 Å². The first-order chi connectivity index (χ1) is 10.6. The van der Waals surface area contributed by atoms with Crippen LogP contribution in [0.3, 0.4) is 0 Å². The van der Waals surface area contributed by atoms with E-state index < -0.39 is 0 Å². The highest BCUT2D eigenvalue weighted by Crippen LogP contribution is 2.30. The second kappa shape index (κ2) is 7.98. The first-order valence-electron chi connectivity index (χ1n) is 7.45. The molecule has 1 fully saturated rings. The van der Waals surface area contributed by atoms with E-state index in [1.807, 2.05) is 6.07 Å². The molecule has 6 heteroatoms. The Morgan fingerprint density at radius 3 is 2.55 bits per heavy atom. The molecule has 2 rings (SSSR count). The molecule has 0 saturated heterocycles. The molecule has 1 amide bonds. The lowest BCUT2D eigenvalue weighted by atomic mass is 10.0. The van der Waals surface area contributed by atoms with Crippen LogP contribution in [0.15, 0.2) is 18.2 Å². The SMILES string of the molecule is COc1ccc(NC(=S)NC(=O)CC2CCCC2)cc1OC. The maximum Gasteiger partial charge on any atom is 0.226 e. The van der Waals surface area contributed by atoms with E-state index in [1.54, 1.807) is 26.4 Å². The summed E-state index contributed by atoms with van der Waals surface area (Å²) >= 11 is 5.18. The van der Waals surface area contributed by atoms with Crippen LogP contribution < -0.4 is 20.1 Å². The van der Waals surface area contributed by atoms with Crippen molar-refractivity contribution in [2.75, 3.05) is 19.5 Å². The minimum absolute atomic E-state index is 0.0233. The third-order valence-electron chi connectivity index (χ3n) is 3.84. The molecule has 5 nitrogen and oxygen atoms in total. The molecule has 0 unspecified atom stereocenters. The summed E-state index contributed by atoms with van der Waals surface area (Å²) in [5.74, 6) is 1.73. The Morgan fingerprint density at radius 2 is 1.91 bits per heavy atom. The second-order valence-electron chi connectivity index (χ2n) is 5.43. The number of anilines is 1. The zero-order valence-corrected chi connectivity index (χ0v) is 13.8. The molecule has 0 radical (unpaired) electrons. The van der Waals surface area contributed by atoms with Crippen molar-refractivity contribution in [3.05, 3.63) is 18.2 Å². The number of rotatable bonds is 5. The second-order valence-corrected chi connectivity index (χ2v) is 5.83. The molecule has 0 heterocycles. The number of ether oxygens (including phenoxy) is 2. The van der Waals surface area contributed by atoms with E-state index in [9.17, 15) is 4.79 Å². The van der Waals surface area contributed by atoms with Crippen molar-refractivity contribution in [2.45, 2.75) is 32.1 Å². The Balaban J connectivity index is 1.87. The van der Waals surface area contributed by atoms with Gasteiger partial charge >= 0.3 is 0 Å². The van der Waals surface area contributed by atoms with E-state index in [-0.39, 0.29) is 5.91 Å². The summed E-state index contributed by atoms with van der Waals surface area (Å²) in [6.07, 6.45) is 5.29. The van der Waals surface area contributed by atoms with Crippen molar-refractivity contribution in [3.63, 3.8) is 0 Å². The summed E-state index contributed by atoms with van der Waals surface area (Å²) < 4.78 is 10.4. The maximum absolute atomic E-state index is 11.9. The molecule has 0 atom stereocenters. The Bertz CT molecular complexity index is 542. The Kier molecular flexibility index (Phi) is 6.00. The minimum atomic E-state index is -0.0233. The molecular formula is C16H22N2O3S. The predicted octanol–water partition coefficient (Wildman–Crippen LogP) is 3.10. The molecule has 0 bridgehead atoms. The molecule has 1 saturated carbocycles. The highest BCUT2D eigenvalue weighted by atomic mass is 32.1. The van der Waals surface area contributed by atoms with Crippen LogP contribution in [0.4, 0.5) is 5.69 Å². The monoisotopic (exact) mass is 322 g/mol. The normalized spacial score (nSPS) is 14.5. The summed E-state index contributed by atoms with van der Waals surface area (Å²) in [6.45, 7) is 0. The standard InChI is InChI=1S/C16H22N2O3S/c1-20-13-8-7-12(10-14(13)21-2)17-16(22)18-15(19)9-11-5-3-4-6-11/h7-8,10-11H,3-6,9H2,1-2H3,(H2,17,18,19,22). The summed E-state index contributed by atoms with van der Waals surface area (Å²) in [6, 6.07) is 5.37. The van der Waals surface area contributed by atoms with Gasteiger partial charge in [0.15, 0.2) is 16.6 Å². The van der Waals surface area contributed by atoms with Crippen molar-refractivity contribution in [1.82, 2.24) is 5.32 Å². The van der Waals surface area contributed by atoms with Crippen molar-refractivity contribution < 1.29 is 14.3 Å². The topological polar surface area (TPSA) is 59.6 Å². The number of benzene rings is 1. The summed E-state index contributed by atoms with van der Waals surface area (Å²) in [7, 11) is 3.15. The van der Waals surface area contributed by atoms with Gasteiger partial charge in [-0.25, -0.2) is 0 Å². The van der Waals surface area contributed by atoms with Gasteiger partial charge in [-0.05, 0) is 43.1 Å². The maximum atomic E-state index is 11.9. The molecule has 1 aromatic rings. The fourth-order valence-corrected chi connectivity index (χ4v) is 2.96. The number of hydrogen-bond acceptors (Lipinski definition) is 4. The van der Waals surface area contributed by atoms with Crippen LogP contribution in [-0.4, -0.2) is 25.2 Å². The third kappa shape index (κ3) is 4.59. The van der Waals surface area contributed by atoms with Crippen molar-refractivity contribution >= 4 is 28.9 Å². The first-order valence-corrected chi connectivity index (χ1v) is 7.86. The smallest absolute Gasteiger partial charge is 0.226 e. The van der Waals surface area contributed by atoms with E-state index in [1.165, 1.54) is 12.8 Å². The molecule has 1 aliphatic carbocycles. The van der Waals surface area contributed by atoms with Crippen LogP contribution in [0.5, 0.6) is 11.5 Å². The molecule has 1 aliphatic rings. The van der Waals surface area contributed by atoms with Gasteiger partial charge in [-0.1, -0.05) is 12.8 Å². The van der Waals surface area contributed by atoms with Gasteiger partial charge < -0.3 is 20.1 Å². The van der Waals surface area contributed by atoms with Crippen LogP contribution in [-0.2, 0) is 4.79 Å². The molecule has 0 spiro atoms. The van der Waals surface area contributed by atoms with Crippen molar-refractivity contribution in [1.29, 1.82) is 0 Å². The average Bonchev–Trinajstić information content (AvgIpc) is 2.99. The van der Waals surface area contributed by atoms with Crippen LogP contribution >= 0.6 is 12.2 Å². The van der Waals surface area contributed by atoms with Crippen LogP contribution in [0.2, 0.25) is 0 Å². The fourth-order valence-electron chi connectivity index (χ4n) is 2.73. The molecule has 0 aliphatic heterocycles. The Hall–Kier alpha value is -1.82. The van der Waals surface area contributed by atoms with Gasteiger partial charge in [-0.3, -0.25) is 4.79 Å². The Labute approximate surface area is 136 Å². The van der Waals surface area contributed by atoms with E-state index in [2.05, 4.69) is 10.6 Å². The summed E-state index contributed by atoms with van der Waals surface area (Å²) in [4.78, 5) is 11.9. The first kappa shape index (κ1) is 16.5. The third-order valence-corrected chi connectivity index (χ3v) is 4.05. The van der Waals surface area contributed by atoms with Gasteiger partial charge in [0, 0.05) is 18.2 Å². The highest BCUT2D eigenvalue weighted by Gasteiger charge is 2.18. The molecule has 1 aromatic carbocycles. The zero-order valence-electron chi connectivity index (χ0n) is 13.0. The number of thiocarbonyl (C=S) groups is 1. The molecule has 0 aromatic heterocycles. The lowest BCUT2D eigenvalue weighted by molar-refractivity contribution is -0.120. The number of nitrogens with one attached hydrogen (secondary N) is 2. The number of amides is 1. The number of methoxy groups -OCH3 is 2. The minimum Gasteiger partial charge on any atom is -0.493 e. The summed E-state index contributed by atoms with van der Waals surface area (Å²) in [5, 5.41) is 6.02. The van der Waals surface area contributed by atoms with Gasteiger partial charge in [-0.15, -0.1) is 0 Å². The number of carbonyl (C=O) groups is 1. The van der Waals surface area contributed by atoms with Gasteiger partial charge in [0.1, 0.15) is 0 Å². The van der Waals surface area contributed by atoms with Gasteiger partial charge in [0.2, 0.25) is 5.91 Å². The molecule has 2 N–H and O–H groups in total. The highest BCUT2D eigenvalue weighted by molar-refractivity contribution is 7.80. The largest absolute Gasteiger partial charge is 0.493 e. The van der Waals surface area contributed by atoms with Crippen molar-refractivity contribution in [2.24, 2.45) is 5.92 Å². The van der Waals surface area contributed by atoms with E-state index in [4.69, 9.17) is 21.7 Å². The van der Waals surface area contributed by atoms with Crippen LogP contribution in [0.25, 0.3) is 0 Å². The quantitative estimate of drug-likeness (QED) is 0.816. The molecule has 22 heavy (non-hydrogen) atoms. The van der Waals surface area contributed by atoms with Crippen molar-refractivity contribution in [3.8, 4) is 11.5 Å².